The highest BCUT2D eigenvalue weighted by Crippen LogP contribution is 2.25. The van der Waals surface area contributed by atoms with Gasteiger partial charge in [0.05, 0.1) is 6.04 Å². The number of anilines is 1. The van der Waals surface area contributed by atoms with Crippen LogP contribution in [0.1, 0.15) is 43.5 Å². The van der Waals surface area contributed by atoms with Gasteiger partial charge in [0.1, 0.15) is 16.4 Å². The van der Waals surface area contributed by atoms with E-state index in [0.717, 1.165) is 43.0 Å². The van der Waals surface area contributed by atoms with Crippen molar-refractivity contribution in [3.63, 3.8) is 0 Å². The number of rotatable bonds is 6. The molecule has 1 amide bonds. The Hall–Kier alpha value is -3.05. The molecule has 1 aliphatic heterocycles. The van der Waals surface area contributed by atoms with E-state index in [4.69, 9.17) is 4.52 Å². The predicted octanol–water partition coefficient (Wildman–Crippen LogP) is 2.58. The molecule has 0 bridgehead atoms. The number of carbonyl (C=O) groups excluding carboxylic acids is 1. The zero-order chi connectivity index (χ0) is 22.9. The topological polar surface area (TPSA) is 132 Å². The lowest BCUT2D eigenvalue weighted by atomic mass is 10.1. The Kier molecular flexibility index (Phi) is 6.11. The fourth-order valence-electron chi connectivity index (χ4n) is 3.89. The van der Waals surface area contributed by atoms with Crippen LogP contribution in [0.4, 0.5) is 5.69 Å². The number of benzene rings is 1. The van der Waals surface area contributed by atoms with E-state index in [1.54, 1.807) is 6.07 Å². The molecule has 1 atom stereocenters. The molecular formula is C21H26N6O4S. The quantitative estimate of drug-likeness (QED) is 0.580. The highest BCUT2D eigenvalue weighted by Gasteiger charge is 2.28. The number of fused-ring (bicyclic) bond motifs is 1. The van der Waals surface area contributed by atoms with Gasteiger partial charge < -0.3 is 14.4 Å². The fraction of sp³-hybridized carbons (Fsp3) is 0.429. The molecule has 0 unspecified atom stereocenters. The van der Waals surface area contributed by atoms with Gasteiger partial charge in [0.15, 0.2) is 11.6 Å². The minimum atomic E-state index is -3.96. The summed E-state index contributed by atoms with van der Waals surface area (Å²) in [7, 11) is -3.96. The third kappa shape index (κ3) is 4.44. The minimum absolute atomic E-state index is 0.0494. The minimum Gasteiger partial charge on any atom is -0.360 e. The molecule has 0 saturated carbocycles. The average molecular weight is 459 g/mol. The summed E-state index contributed by atoms with van der Waals surface area (Å²) in [6, 6.07) is 6.29. The van der Waals surface area contributed by atoms with Crippen LogP contribution in [0.5, 0.6) is 0 Å². The van der Waals surface area contributed by atoms with Crippen LogP contribution < -0.4 is 10.0 Å². The molecule has 0 aliphatic carbocycles. The second-order valence-corrected chi connectivity index (χ2v) is 9.62. The number of nitrogens with zero attached hydrogens (tertiary/aromatic N) is 4. The van der Waals surface area contributed by atoms with Gasteiger partial charge in [-0.2, -0.15) is 4.72 Å². The number of aryl methyl sites for hydroxylation is 3. The van der Waals surface area contributed by atoms with Crippen molar-refractivity contribution in [2.45, 2.75) is 63.9 Å². The molecule has 11 heteroatoms. The van der Waals surface area contributed by atoms with Crippen LogP contribution >= 0.6 is 0 Å². The van der Waals surface area contributed by atoms with E-state index in [1.807, 2.05) is 18.2 Å². The Balaban J connectivity index is 1.49. The summed E-state index contributed by atoms with van der Waals surface area (Å²) < 4.78 is 34.8. The first kappa shape index (κ1) is 22.2. The molecule has 170 valence electrons. The molecule has 0 fully saturated rings. The van der Waals surface area contributed by atoms with Gasteiger partial charge >= 0.3 is 0 Å². The van der Waals surface area contributed by atoms with E-state index >= 15 is 0 Å². The van der Waals surface area contributed by atoms with Crippen molar-refractivity contribution < 1.29 is 17.7 Å². The number of sulfonamides is 1. The van der Waals surface area contributed by atoms with Crippen LogP contribution in [0.3, 0.4) is 0 Å². The lowest BCUT2D eigenvalue weighted by Gasteiger charge is -2.15. The van der Waals surface area contributed by atoms with Crippen LogP contribution in [0, 0.1) is 13.8 Å². The molecule has 0 radical (unpaired) electrons. The molecular weight excluding hydrogens is 432 g/mol. The van der Waals surface area contributed by atoms with Crippen molar-refractivity contribution in [1.82, 2.24) is 24.6 Å². The van der Waals surface area contributed by atoms with Crippen molar-refractivity contribution in [3.05, 3.63) is 41.5 Å². The molecule has 1 aliphatic rings. The van der Waals surface area contributed by atoms with Crippen LogP contribution in [0.2, 0.25) is 0 Å². The molecule has 0 spiro atoms. The summed E-state index contributed by atoms with van der Waals surface area (Å²) in [5.74, 6) is 1.43. The average Bonchev–Trinajstić information content (AvgIpc) is 3.22. The first-order valence-electron chi connectivity index (χ1n) is 10.5. The zero-order valence-corrected chi connectivity index (χ0v) is 19.1. The summed E-state index contributed by atoms with van der Waals surface area (Å²) >= 11 is 0. The molecule has 0 saturated heterocycles. The Bertz CT molecular complexity index is 1230. The first-order valence-corrected chi connectivity index (χ1v) is 12.0. The first-order chi connectivity index (χ1) is 15.3. The van der Waals surface area contributed by atoms with Gasteiger partial charge in [-0.1, -0.05) is 23.7 Å². The van der Waals surface area contributed by atoms with Crippen molar-refractivity contribution in [3.8, 4) is 11.4 Å². The van der Waals surface area contributed by atoms with Gasteiger partial charge in [0.2, 0.25) is 15.9 Å². The van der Waals surface area contributed by atoms with Crippen molar-refractivity contribution in [2.24, 2.45) is 0 Å². The monoisotopic (exact) mass is 458 g/mol. The second kappa shape index (κ2) is 8.83. The van der Waals surface area contributed by atoms with Gasteiger partial charge in [-0.3, -0.25) is 4.79 Å². The Morgan fingerprint density at radius 3 is 2.75 bits per heavy atom. The Labute approximate surface area is 186 Å². The smallest absolute Gasteiger partial charge is 0.246 e. The van der Waals surface area contributed by atoms with Crippen molar-refractivity contribution in [2.75, 3.05) is 5.32 Å². The maximum Gasteiger partial charge on any atom is 0.246 e. The van der Waals surface area contributed by atoms with E-state index in [9.17, 15) is 13.2 Å². The summed E-state index contributed by atoms with van der Waals surface area (Å²) in [5.41, 5.74) is 1.62. The molecule has 1 aromatic carbocycles. The molecule has 32 heavy (non-hydrogen) atoms. The largest absolute Gasteiger partial charge is 0.360 e. The highest BCUT2D eigenvalue weighted by molar-refractivity contribution is 7.89. The van der Waals surface area contributed by atoms with Gasteiger partial charge in [-0.05, 0) is 45.7 Å². The third-order valence-corrected chi connectivity index (χ3v) is 7.24. The molecule has 2 aromatic heterocycles. The van der Waals surface area contributed by atoms with E-state index in [-0.39, 0.29) is 16.3 Å². The number of hydrogen-bond acceptors (Lipinski definition) is 7. The number of amides is 1. The van der Waals surface area contributed by atoms with Crippen molar-refractivity contribution >= 4 is 21.6 Å². The summed E-state index contributed by atoms with van der Waals surface area (Å²) in [5, 5.41) is 15.1. The lowest BCUT2D eigenvalue weighted by Crippen LogP contribution is -2.41. The van der Waals surface area contributed by atoms with Gasteiger partial charge in [-0.15, -0.1) is 10.2 Å². The normalized spacial score (nSPS) is 15.1. The molecule has 4 rings (SSSR count). The Morgan fingerprint density at radius 2 is 2.00 bits per heavy atom. The van der Waals surface area contributed by atoms with Crippen LogP contribution in [-0.4, -0.2) is 40.3 Å². The summed E-state index contributed by atoms with van der Waals surface area (Å²) in [4.78, 5) is 12.6. The second-order valence-electron chi connectivity index (χ2n) is 7.97. The van der Waals surface area contributed by atoms with E-state index in [1.165, 1.54) is 27.2 Å². The molecule has 10 nitrogen and oxygen atoms in total. The maximum atomic E-state index is 12.7. The standard InChI is InChI=1S/C21H26N6O4S/c1-13-19(15(3)31-25-13)32(29,30)26-14(2)21(28)22-17-9-7-8-16(12-17)20-24-23-18-10-5-4-6-11-27(18)20/h7-9,12,14,26H,4-6,10-11H2,1-3H3,(H,22,28)/t14-/m0/s1. The molecule has 3 aromatic rings. The van der Waals surface area contributed by atoms with Gasteiger partial charge in [0, 0.05) is 24.2 Å². The lowest BCUT2D eigenvalue weighted by molar-refractivity contribution is -0.117. The number of carbonyl (C=O) groups is 1. The highest BCUT2D eigenvalue weighted by atomic mass is 32.2. The summed E-state index contributed by atoms with van der Waals surface area (Å²) in [6.45, 7) is 5.39. The van der Waals surface area contributed by atoms with Crippen LogP contribution in [-0.2, 0) is 27.8 Å². The van der Waals surface area contributed by atoms with Crippen molar-refractivity contribution in [1.29, 1.82) is 0 Å². The third-order valence-electron chi connectivity index (χ3n) is 5.46. The fourth-order valence-corrected chi connectivity index (χ4v) is 5.42. The molecule has 3 heterocycles. The van der Waals surface area contributed by atoms with Crippen LogP contribution in [0.25, 0.3) is 11.4 Å². The number of hydrogen-bond donors (Lipinski definition) is 2. The van der Waals surface area contributed by atoms with E-state index < -0.39 is 22.0 Å². The number of aromatic nitrogens is 4. The summed E-state index contributed by atoms with van der Waals surface area (Å²) in [6.07, 6.45) is 4.26. The van der Waals surface area contributed by atoms with Crippen LogP contribution in [0.15, 0.2) is 33.7 Å². The Morgan fingerprint density at radius 1 is 1.19 bits per heavy atom. The predicted molar refractivity (Wildman–Crippen MR) is 117 cm³/mol. The van der Waals surface area contributed by atoms with E-state index in [0.29, 0.717) is 5.69 Å². The molecule has 2 N–H and O–H groups in total. The SMILES string of the molecule is Cc1noc(C)c1S(=O)(=O)N[C@@H](C)C(=O)Nc1cccc(-c2nnc3n2CCCCC3)c1. The van der Waals surface area contributed by atoms with Gasteiger partial charge in [0.25, 0.3) is 0 Å². The van der Waals surface area contributed by atoms with Gasteiger partial charge in [-0.25, -0.2) is 8.42 Å². The van der Waals surface area contributed by atoms with E-state index in [2.05, 4.69) is 30.0 Å². The number of nitrogens with one attached hydrogen (secondary N) is 2. The zero-order valence-electron chi connectivity index (χ0n) is 18.3. The maximum absolute atomic E-state index is 12.7.